The molecule has 1 fully saturated rings. The summed E-state index contributed by atoms with van der Waals surface area (Å²) in [6, 6.07) is 6.05. The molecule has 2 atom stereocenters. The zero-order valence-electron chi connectivity index (χ0n) is 10.1. The van der Waals surface area contributed by atoms with Crippen LogP contribution >= 0.6 is 0 Å². The molecular formula is C13H17FN2O2. The number of hydrogen-bond donors (Lipinski definition) is 2. The van der Waals surface area contributed by atoms with Crippen LogP contribution < -0.4 is 11.1 Å². The van der Waals surface area contributed by atoms with Crippen molar-refractivity contribution in [3.63, 3.8) is 0 Å². The van der Waals surface area contributed by atoms with E-state index in [9.17, 15) is 9.18 Å². The first-order valence-corrected chi connectivity index (χ1v) is 6.02. The van der Waals surface area contributed by atoms with Gasteiger partial charge in [-0.15, -0.1) is 0 Å². The van der Waals surface area contributed by atoms with Gasteiger partial charge in [0.2, 0.25) is 5.91 Å². The van der Waals surface area contributed by atoms with Crippen molar-refractivity contribution in [1.29, 1.82) is 0 Å². The first-order chi connectivity index (χ1) is 8.66. The summed E-state index contributed by atoms with van der Waals surface area (Å²) in [6.07, 6.45) is 0.675. The first kappa shape index (κ1) is 13.0. The van der Waals surface area contributed by atoms with Crippen LogP contribution in [0.5, 0.6) is 0 Å². The van der Waals surface area contributed by atoms with Crippen LogP contribution in [0.4, 0.5) is 4.39 Å². The minimum atomic E-state index is -0.253. The number of carbonyl (C=O) groups excluding carboxylic acids is 1. The van der Waals surface area contributed by atoms with E-state index < -0.39 is 0 Å². The molecule has 1 aliphatic rings. The number of halogens is 1. The van der Waals surface area contributed by atoms with E-state index in [-0.39, 0.29) is 23.7 Å². The number of rotatable bonds is 4. The van der Waals surface area contributed by atoms with Gasteiger partial charge in [0, 0.05) is 12.6 Å². The van der Waals surface area contributed by atoms with Crippen LogP contribution in [0.2, 0.25) is 0 Å². The molecule has 98 valence electrons. The molecule has 4 nitrogen and oxygen atoms in total. The van der Waals surface area contributed by atoms with Crippen molar-refractivity contribution < 1.29 is 13.9 Å². The Morgan fingerprint density at radius 2 is 2.11 bits per heavy atom. The summed E-state index contributed by atoms with van der Waals surface area (Å²) in [4.78, 5) is 11.8. The quantitative estimate of drug-likeness (QED) is 0.818. The molecule has 5 heteroatoms. The van der Waals surface area contributed by atoms with Crippen LogP contribution in [0, 0.1) is 11.7 Å². The van der Waals surface area contributed by atoms with Crippen molar-refractivity contribution in [2.45, 2.75) is 12.5 Å². The standard InChI is InChI=1S/C13H17FN2O2/c14-10-3-1-9(2-4-10)5-6-16-13(17)11-7-18-8-12(11)15/h1-4,11-12H,5-8,15H2,(H,16,17). The van der Waals surface area contributed by atoms with Crippen molar-refractivity contribution in [3.05, 3.63) is 35.6 Å². The van der Waals surface area contributed by atoms with Gasteiger partial charge in [-0.1, -0.05) is 12.1 Å². The molecule has 3 N–H and O–H groups in total. The summed E-state index contributed by atoms with van der Waals surface area (Å²) in [6.45, 7) is 1.35. The number of amides is 1. The molecule has 1 heterocycles. The summed E-state index contributed by atoms with van der Waals surface area (Å²) >= 11 is 0. The highest BCUT2D eigenvalue weighted by Gasteiger charge is 2.30. The van der Waals surface area contributed by atoms with Crippen molar-refractivity contribution >= 4 is 5.91 Å². The fourth-order valence-corrected chi connectivity index (χ4v) is 1.95. The molecule has 2 rings (SSSR count). The van der Waals surface area contributed by atoms with Gasteiger partial charge in [-0.25, -0.2) is 4.39 Å². The molecule has 0 bridgehead atoms. The molecule has 0 aliphatic carbocycles. The maximum atomic E-state index is 12.7. The second kappa shape index (κ2) is 5.93. The molecule has 2 unspecified atom stereocenters. The fourth-order valence-electron chi connectivity index (χ4n) is 1.95. The molecule has 1 amide bonds. The fraction of sp³-hybridized carbons (Fsp3) is 0.462. The summed E-state index contributed by atoms with van der Waals surface area (Å²) in [5.41, 5.74) is 6.74. The number of nitrogens with two attached hydrogens (primary N) is 1. The lowest BCUT2D eigenvalue weighted by Crippen LogP contribution is -2.41. The van der Waals surface area contributed by atoms with Gasteiger partial charge >= 0.3 is 0 Å². The molecule has 0 aromatic heterocycles. The largest absolute Gasteiger partial charge is 0.379 e. The van der Waals surface area contributed by atoms with E-state index in [4.69, 9.17) is 10.5 Å². The van der Waals surface area contributed by atoms with Crippen LogP contribution in [0.15, 0.2) is 24.3 Å². The zero-order valence-corrected chi connectivity index (χ0v) is 10.1. The Morgan fingerprint density at radius 3 is 2.72 bits per heavy atom. The van der Waals surface area contributed by atoms with Crippen molar-refractivity contribution in [1.82, 2.24) is 5.32 Å². The topological polar surface area (TPSA) is 64.3 Å². The van der Waals surface area contributed by atoms with Gasteiger partial charge in [0.15, 0.2) is 0 Å². The Labute approximate surface area is 105 Å². The number of ether oxygens (including phenoxy) is 1. The molecule has 18 heavy (non-hydrogen) atoms. The second-order valence-corrected chi connectivity index (χ2v) is 4.48. The lowest BCUT2D eigenvalue weighted by Gasteiger charge is -2.13. The summed E-state index contributed by atoms with van der Waals surface area (Å²) in [5.74, 6) is -0.572. The molecule has 1 saturated heterocycles. The highest BCUT2D eigenvalue weighted by atomic mass is 19.1. The number of hydrogen-bond acceptors (Lipinski definition) is 3. The summed E-state index contributed by atoms with van der Waals surface area (Å²) < 4.78 is 17.8. The third kappa shape index (κ3) is 3.27. The average molecular weight is 252 g/mol. The van der Waals surface area contributed by atoms with Gasteiger partial charge < -0.3 is 15.8 Å². The predicted molar refractivity (Wildman–Crippen MR) is 65.4 cm³/mol. The Balaban J connectivity index is 1.75. The van der Waals surface area contributed by atoms with Crippen molar-refractivity contribution in [3.8, 4) is 0 Å². The van der Waals surface area contributed by atoms with E-state index in [0.717, 1.165) is 5.56 Å². The van der Waals surface area contributed by atoms with Crippen LogP contribution in [0.25, 0.3) is 0 Å². The molecule has 1 aromatic rings. The van der Waals surface area contributed by atoms with Gasteiger partial charge in [-0.2, -0.15) is 0 Å². The highest BCUT2D eigenvalue weighted by molar-refractivity contribution is 5.79. The van der Waals surface area contributed by atoms with Gasteiger partial charge in [-0.3, -0.25) is 4.79 Å². The minimum Gasteiger partial charge on any atom is -0.379 e. The average Bonchev–Trinajstić information content (AvgIpc) is 2.78. The maximum absolute atomic E-state index is 12.7. The highest BCUT2D eigenvalue weighted by Crippen LogP contribution is 2.11. The Bertz CT molecular complexity index is 408. The molecule has 1 aromatic carbocycles. The van der Waals surface area contributed by atoms with E-state index in [2.05, 4.69) is 5.32 Å². The Hall–Kier alpha value is -1.46. The summed E-state index contributed by atoms with van der Waals surface area (Å²) in [7, 11) is 0. The Morgan fingerprint density at radius 1 is 1.39 bits per heavy atom. The van der Waals surface area contributed by atoms with E-state index >= 15 is 0 Å². The predicted octanol–water partition coefficient (Wildman–Crippen LogP) is 0.458. The molecular weight excluding hydrogens is 235 g/mol. The lowest BCUT2D eigenvalue weighted by molar-refractivity contribution is -0.125. The second-order valence-electron chi connectivity index (χ2n) is 4.48. The first-order valence-electron chi connectivity index (χ1n) is 6.02. The van der Waals surface area contributed by atoms with E-state index in [1.165, 1.54) is 12.1 Å². The van der Waals surface area contributed by atoms with Crippen LogP contribution in [-0.2, 0) is 16.0 Å². The third-order valence-corrected chi connectivity index (χ3v) is 3.09. The smallest absolute Gasteiger partial charge is 0.227 e. The Kier molecular flexibility index (Phi) is 4.28. The molecule has 0 saturated carbocycles. The third-order valence-electron chi connectivity index (χ3n) is 3.09. The molecule has 1 aliphatic heterocycles. The number of carbonyl (C=O) groups is 1. The lowest BCUT2D eigenvalue weighted by atomic mass is 10.0. The van der Waals surface area contributed by atoms with Gasteiger partial charge in [-0.05, 0) is 24.1 Å². The van der Waals surface area contributed by atoms with Crippen LogP contribution in [-0.4, -0.2) is 31.7 Å². The maximum Gasteiger partial charge on any atom is 0.227 e. The minimum absolute atomic E-state index is 0.0675. The molecule has 0 spiro atoms. The molecule has 0 radical (unpaired) electrons. The van der Waals surface area contributed by atoms with Gasteiger partial charge in [0.05, 0.1) is 19.1 Å². The van der Waals surface area contributed by atoms with Gasteiger partial charge in [0.25, 0.3) is 0 Å². The van der Waals surface area contributed by atoms with Crippen LogP contribution in [0.1, 0.15) is 5.56 Å². The summed E-state index contributed by atoms with van der Waals surface area (Å²) in [5, 5.41) is 2.83. The normalized spacial score (nSPS) is 23.0. The van der Waals surface area contributed by atoms with Crippen molar-refractivity contribution in [2.75, 3.05) is 19.8 Å². The monoisotopic (exact) mass is 252 g/mol. The number of nitrogens with one attached hydrogen (secondary N) is 1. The zero-order chi connectivity index (χ0) is 13.0. The SMILES string of the molecule is NC1COCC1C(=O)NCCc1ccc(F)cc1. The number of benzene rings is 1. The van der Waals surface area contributed by atoms with Gasteiger partial charge in [0.1, 0.15) is 5.82 Å². The van der Waals surface area contributed by atoms with Crippen LogP contribution in [0.3, 0.4) is 0 Å². The van der Waals surface area contributed by atoms with Crippen molar-refractivity contribution in [2.24, 2.45) is 11.7 Å². The van der Waals surface area contributed by atoms with E-state index in [1.807, 2.05) is 0 Å². The van der Waals surface area contributed by atoms with E-state index in [0.29, 0.717) is 26.2 Å². The van der Waals surface area contributed by atoms with E-state index in [1.54, 1.807) is 12.1 Å².